The number of carbonyl (C=O) groups is 2. The van der Waals surface area contributed by atoms with Crippen LogP contribution in [0.4, 0.5) is 0 Å². The van der Waals surface area contributed by atoms with Gasteiger partial charge >= 0.3 is 5.97 Å². The molecule has 7 rings (SSSR count). The van der Waals surface area contributed by atoms with Crippen LogP contribution in [0.5, 0.6) is 40.2 Å². The summed E-state index contributed by atoms with van der Waals surface area (Å²) in [5.74, 6) is 1.28. The van der Waals surface area contributed by atoms with Crippen molar-refractivity contribution in [2.75, 3.05) is 48.9 Å². The van der Waals surface area contributed by atoms with Crippen LogP contribution in [0.3, 0.4) is 0 Å². The molecule has 0 unspecified atom stereocenters. The standard InChI is InChI=1S/C34H34N4O10/c1-41-19-6-17(7-20(10-19)42-2)13-38-14-24(36-37-38)33(39)35-31-22-12-26-25(47-16-48-26)11-21(22)29(30-23(31)15-46-34(30)40)18-8-27(43-3)32(45-5)28(9-18)44-4/h6-12,14,23,29-31H,13,15-16H2,1-5H3,(H,35,39)/t23-,29+,30-,31-/m0/s1. The topological polar surface area (TPSA) is 151 Å². The lowest BCUT2D eigenvalue weighted by Gasteiger charge is -2.39. The van der Waals surface area contributed by atoms with Crippen molar-refractivity contribution in [3.05, 3.63) is 76.6 Å². The average Bonchev–Trinajstić information content (AvgIpc) is 3.87. The molecule has 2 aliphatic heterocycles. The maximum Gasteiger partial charge on any atom is 0.310 e. The zero-order valence-electron chi connectivity index (χ0n) is 27.0. The maximum atomic E-state index is 13.8. The molecule has 1 aliphatic carbocycles. The lowest BCUT2D eigenvalue weighted by atomic mass is 9.65. The fourth-order valence-corrected chi connectivity index (χ4v) is 6.87. The Hall–Kier alpha value is -5.66. The molecule has 0 radical (unpaired) electrons. The first-order valence-electron chi connectivity index (χ1n) is 15.2. The molecule has 14 heteroatoms. The molecule has 14 nitrogen and oxygen atoms in total. The SMILES string of the molecule is COc1cc(Cn2cc(C(=O)N[C@H]3c4cc5c(cc4[C@@H](c4cc(OC)c(OC)c(OC)c4)[C@H]4C(=O)OC[C@@H]43)OCO5)nn2)cc(OC)c1. The Morgan fingerprint density at radius 3 is 2.15 bits per heavy atom. The number of fused-ring (bicyclic) bond motifs is 3. The van der Waals surface area contributed by atoms with E-state index in [0.29, 0.717) is 46.8 Å². The van der Waals surface area contributed by atoms with Gasteiger partial charge in [-0.2, -0.15) is 0 Å². The highest BCUT2D eigenvalue weighted by Gasteiger charge is 2.53. The van der Waals surface area contributed by atoms with Gasteiger partial charge in [-0.05, 0) is 58.7 Å². The van der Waals surface area contributed by atoms with E-state index in [-0.39, 0.29) is 25.1 Å². The quantitative estimate of drug-likeness (QED) is 0.249. The van der Waals surface area contributed by atoms with Crippen molar-refractivity contribution in [1.82, 2.24) is 20.3 Å². The third-order valence-electron chi connectivity index (χ3n) is 9.05. The van der Waals surface area contributed by atoms with Crippen LogP contribution in [0.2, 0.25) is 0 Å². The minimum atomic E-state index is -0.648. The van der Waals surface area contributed by atoms with Crippen LogP contribution in [-0.4, -0.2) is 75.8 Å². The number of hydrogen-bond acceptors (Lipinski definition) is 12. The van der Waals surface area contributed by atoms with E-state index in [0.717, 1.165) is 22.3 Å². The number of rotatable bonds is 10. The number of esters is 1. The minimum Gasteiger partial charge on any atom is -0.497 e. The number of cyclic esters (lactones) is 1. The van der Waals surface area contributed by atoms with Gasteiger partial charge in [-0.3, -0.25) is 9.59 Å². The van der Waals surface area contributed by atoms with Crippen molar-refractivity contribution in [2.24, 2.45) is 11.8 Å². The Morgan fingerprint density at radius 2 is 1.52 bits per heavy atom. The Kier molecular flexibility index (Phi) is 8.07. The van der Waals surface area contributed by atoms with Gasteiger partial charge in [-0.15, -0.1) is 5.10 Å². The lowest BCUT2D eigenvalue weighted by Crippen LogP contribution is -2.43. The highest BCUT2D eigenvalue weighted by atomic mass is 16.7. The van der Waals surface area contributed by atoms with Gasteiger partial charge in [0.2, 0.25) is 12.5 Å². The van der Waals surface area contributed by atoms with E-state index in [1.807, 2.05) is 36.4 Å². The molecule has 1 saturated heterocycles. The molecule has 1 fully saturated rings. The Labute approximate surface area is 275 Å². The van der Waals surface area contributed by atoms with Crippen molar-refractivity contribution in [3.63, 3.8) is 0 Å². The summed E-state index contributed by atoms with van der Waals surface area (Å²) in [6.45, 7) is 0.488. The predicted molar refractivity (Wildman–Crippen MR) is 167 cm³/mol. The highest BCUT2D eigenvalue weighted by Crippen LogP contribution is 2.55. The largest absolute Gasteiger partial charge is 0.497 e. The average molecular weight is 659 g/mol. The number of methoxy groups -OCH3 is 5. The number of amides is 1. The maximum absolute atomic E-state index is 13.8. The van der Waals surface area contributed by atoms with Crippen LogP contribution in [0.25, 0.3) is 0 Å². The molecular formula is C34H34N4O10. The van der Waals surface area contributed by atoms with Crippen molar-refractivity contribution < 1.29 is 47.5 Å². The van der Waals surface area contributed by atoms with Crippen molar-refractivity contribution in [2.45, 2.75) is 18.5 Å². The third-order valence-corrected chi connectivity index (χ3v) is 9.05. The summed E-state index contributed by atoms with van der Waals surface area (Å²) in [6, 6.07) is 12.3. The molecule has 4 atom stereocenters. The summed E-state index contributed by atoms with van der Waals surface area (Å²) >= 11 is 0. The first-order valence-corrected chi connectivity index (χ1v) is 15.2. The van der Waals surface area contributed by atoms with Crippen molar-refractivity contribution >= 4 is 11.9 Å². The molecule has 0 spiro atoms. The second-order valence-corrected chi connectivity index (χ2v) is 11.6. The minimum absolute atomic E-state index is 0.0568. The molecule has 3 heterocycles. The van der Waals surface area contributed by atoms with E-state index in [4.69, 9.17) is 37.9 Å². The van der Waals surface area contributed by atoms with Gasteiger partial charge in [-0.1, -0.05) is 5.21 Å². The van der Waals surface area contributed by atoms with E-state index >= 15 is 0 Å². The summed E-state index contributed by atoms with van der Waals surface area (Å²) < 4.78 is 46.3. The smallest absolute Gasteiger partial charge is 0.310 e. The van der Waals surface area contributed by atoms with Crippen LogP contribution in [0, 0.1) is 11.8 Å². The highest BCUT2D eigenvalue weighted by molar-refractivity contribution is 5.92. The second kappa shape index (κ2) is 12.5. The number of benzene rings is 3. The molecule has 4 aromatic rings. The summed E-state index contributed by atoms with van der Waals surface area (Å²) in [4.78, 5) is 27.3. The van der Waals surface area contributed by atoms with Crippen molar-refractivity contribution in [3.8, 4) is 40.2 Å². The van der Waals surface area contributed by atoms with Gasteiger partial charge in [0, 0.05) is 17.9 Å². The van der Waals surface area contributed by atoms with Gasteiger partial charge in [0.1, 0.15) is 11.5 Å². The summed E-state index contributed by atoms with van der Waals surface area (Å²) in [6.07, 6.45) is 1.57. The summed E-state index contributed by atoms with van der Waals surface area (Å²) in [5.41, 5.74) is 3.25. The van der Waals surface area contributed by atoms with E-state index in [2.05, 4.69) is 15.6 Å². The molecule has 250 valence electrons. The Morgan fingerprint density at radius 1 is 0.854 bits per heavy atom. The number of nitrogens with one attached hydrogen (secondary N) is 1. The van der Waals surface area contributed by atoms with Gasteiger partial charge in [-0.25, -0.2) is 4.68 Å². The molecule has 3 aromatic carbocycles. The van der Waals surface area contributed by atoms with Crippen LogP contribution < -0.4 is 38.5 Å². The number of carbonyl (C=O) groups excluding carboxylic acids is 2. The Bertz CT molecular complexity index is 1840. The van der Waals surface area contributed by atoms with Gasteiger partial charge < -0.3 is 43.2 Å². The van der Waals surface area contributed by atoms with Crippen LogP contribution in [0.1, 0.15) is 44.7 Å². The zero-order chi connectivity index (χ0) is 33.5. The van der Waals surface area contributed by atoms with E-state index in [9.17, 15) is 9.59 Å². The van der Waals surface area contributed by atoms with Crippen LogP contribution in [-0.2, 0) is 16.1 Å². The van der Waals surface area contributed by atoms with E-state index in [1.165, 1.54) is 21.3 Å². The monoisotopic (exact) mass is 658 g/mol. The normalized spacial score (nSPS) is 20.3. The molecule has 1 aromatic heterocycles. The first-order chi connectivity index (χ1) is 23.3. The fraction of sp³-hybridized carbons (Fsp3) is 0.353. The lowest BCUT2D eigenvalue weighted by molar-refractivity contribution is -0.141. The van der Waals surface area contributed by atoms with E-state index < -0.39 is 29.7 Å². The molecular weight excluding hydrogens is 624 g/mol. The zero-order valence-corrected chi connectivity index (χ0v) is 27.0. The summed E-state index contributed by atoms with van der Waals surface area (Å²) in [5, 5.41) is 11.5. The van der Waals surface area contributed by atoms with Gasteiger partial charge in [0.15, 0.2) is 28.7 Å². The molecule has 1 amide bonds. The number of aromatic nitrogens is 3. The summed E-state index contributed by atoms with van der Waals surface area (Å²) in [7, 11) is 7.76. The first kappa shape index (κ1) is 31.0. The third kappa shape index (κ3) is 5.32. The predicted octanol–water partition coefficient (Wildman–Crippen LogP) is 3.50. The molecule has 1 N–H and O–H groups in total. The number of hydrogen-bond donors (Lipinski definition) is 1. The van der Waals surface area contributed by atoms with Crippen molar-refractivity contribution in [1.29, 1.82) is 0 Å². The second-order valence-electron chi connectivity index (χ2n) is 11.6. The molecule has 0 bridgehead atoms. The fourth-order valence-electron chi connectivity index (χ4n) is 6.87. The van der Waals surface area contributed by atoms with E-state index in [1.54, 1.807) is 31.2 Å². The van der Waals surface area contributed by atoms with Gasteiger partial charge in [0.25, 0.3) is 5.91 Å². The number of nitrogens with zero attached hydrogens (tertiary/aromatic N) is 3. The number of ether oxygens (including phenoxy) is 8. The Balaban J connectivity index is 1.25. The molecule has 3 aliphatic rings. The molecule has 48 heavy (non-hydrogen) atoms. The van der Waals surface area contributed by atoms with Gasteiger partial charge in [0.05, 0.1) is 66.9 Å². The molecule has 0 saturated carbocycles. The van der Waals surface area contributed by atoms with Crippen LogP contribution in [0.15, 0.2) is 48.7 Å². The van der Waals surface area contributed by atoms with Crippen LogP contribution >= 0.6 is 0 Å².